The molecule has 0 aromatic heterocycles. The maximum absolute atomic E-state index is 13.1. The molecule has 0 aliphatic carbocycles. The summed E-state index contributed by atoms with van der Waals surface area (Å²) in [5.41, 5.74) is 3.72. The molecule has 28 heavy (non-hydrogen) atoms. The average molecular weight is 465 g/mol. The van der Waals surface area contributed by atoms with Crippen LogP contribution in [0.4, 0.5) is 10.1 Å². The Kier molecular flexibility index (Phi) is 6.81. The van der Waals surface area contributed by atoms with Crippen molar-refractivity contribution in [2.75, 3.05) is 12.4 Å². The van der Waals surface area contributed by atoms with Gasteiger partial charge in [-0.25, -0.2) is 4.39 Å². The van der Waals surface area contributed by atoms with E-state index in [0.29, 0.717) is 29.7 Å². The minimum absolute atomic E-state index is 0.273. The second kappa shape index (κ2) is 9.30. The smallest absolute Gasteiger partial charge is 0.167 e. The summed E-state index contributed by atoms with van der Waals surface area (Å²) in [6.07, 6.45) is 0. The van der Waals surface area contributed by atoms with E-state index in [1.165, 1.54) is 12.1 Å². The monoisotopic (exact) mass is 463 g/mol. The van der Waals surface area contributed by atoms with Crippen LogP contribution in [0.1, 0.15) is 16.7 Å². The molecule has 0 radical (unpaired) electrons. The van der Waals surface area contributed by atoms with Crippen LogP contribution in [-0.4, -0.2) is 7.11 Å². The van der Waals surface area contributed by atoms with Gasteiger partial charge in [0.05, 0.1) is 7.11 Å². The molecule has 0 aliphatic heterocycles. The number of nitrogens with one attached hydrogen (secondary N) is 1. The van der Waals surface area contributed by atoms with E-state index >= 15 is 0 Å². The molecule has 0 atom stereocenters. The van der Waals surface area contributed by atoms with Crippen molar-refractivity contribution >= 4 is 33.2 Å². The van der Waals surface area contributed by atoms with Gasteiger partial charge in [-0.3, -0.25) is 0 Å². The van der Waals surface area contributed by atoms with Crippen molar-refractivity contribution < 1.29 is 13.9 Å². The van der Waals surface area contributed by atoms with Crippen LogP contribution in [0.25, 0.3) is 0 Å². The lowest BCUT2D eigenvalue weighted by molar-refractivity contribution is 0.281. The quantitative estimate of drug-likeness (QED) is 0.419. The van der Waals surface area contributed by atoms with Gasteiger partial charge in [-0.05, 0) is 54.4 Å². The first kappa shape index (κ1) is 20.5. The third-order valence-corrected chi connectivity index (χ3v) is 5.47. The third kappa shape index (κ3) is 4.97. The number of hydrogen-bond acceptors (Lipinski definition) is 3. The Labute approximate surface area is 177 Å². The molecule has 3 aromatic rings. The normalized spacial score (nSPS) is 10.6. The minimum Gasteiger partial charge on any atom is -0.493 e. The zero-order valence-electron chi connectivity index (χ0n) is 15.6. The van der Waals surface area contributed by atoms with E-state index in [-0.39, 0.29) is 5.82 Å². The molecule has 0 saturated carbocycles. The van der Waals surface area contributed by atoms with Crippen LogP contribution < -0.4 is 14.8 Å². The molecule has 0 aliphatic rings. The Hall–Kier alpha value is -2.24. The highest BCUT2D eigenvalue weighted by Crippen LogP contribution is 2.37. The second-order valence-corrected chi connectivity index (χ2v) is 7.55. The largest absolute Gasteiger partial charge is 0.493 e. The van der Waals surface area contributed by atoms with Crippen LogP contribution in [0.3, 0.4) is 0 Å². The summed E-state index contributed by atoms with van der Waals surface area (Å²) in [5.74, 6) is 0.987. The van der Waals surface area contributed by atoms with Crippen molar-refractivity contribution in [1.82, 2.24) is 0 Å². The lowest BCUT2D eigenvalue weighted by Gasteiger charge is -2.18. The number of benzene rings is 3. The summed E-state index contributed by atoms with van der Waals surface area (Å²) in [5, 5.41) is 4.08. The van der Waals surface area contributed by atoms with E-state index in [1.807, 2.05) is 37.3 Å². The van der Waals surface area contributed by atoms with Gasteiger partial charge in [0, 0.05) is 27.3 Å². The van der Waals surface area contributed by atoms with Gasteiger partial charge in [0.2, 0.25) is 0 Å². The van der Waals surface area contributed by atoms with Crippen molar-refractivity contribution in [2.45, 2.75) is 20.1 Å². The molecule has 3 aromatic carbocycles. The van der Waals surface area contributed by atoms with Gasteiger partial charge in [-0.15, -0.1) is 0 Å². The maximum atomic E-state index is 13.1. The fraction of sp³-hybridized carbons (Fsp3) is 0.182. The van der Waals surface area contributed by atoms with E-state index < -0.39 is 0 Å². The highest BCUT2D eigenvalue weighted by atomic mass is 79.9. The molecule has 0 saturated heterocycles. The SMILES string of the molecule is COc1ccc(Br)c(CNc2ccc(C)c(Cl)c2)c1OCc1ccc(F)cc1. The van der Waals surface area contributed by atoms with Crippen molar-refractivity contribution in [3.63, 3.8) is 0 Å². The number of halogens is 3. The van der Waals surface area contributed by atoms with E-state index in [0.717, 1.165) is 26.9 Å². The van der Waals surface area contributed by atoms with E-state index in [4.69, 9.17) is 21.1 Å². The van der Waals surface area contributed by atoms with Crippen LogP contribution >= 0.6 is 27.5 Å². The van der Waals surface area contributed by atoms with Crippen molar-refractivity contribution in [2.24, 2.45) is 0 Å². The zero-order valence-corrected chi connectivity index (χ0v) is 17.9. The summed E-state index contributed by atoms with van der Waals surface area (Å²) < 4.78 is 25.5. The number of ether oxygens (including phenoxy) is 2. The van der Waals surface area contributed by atoms with Crippen molar-refractivity contribution in [3.05, 3.63) is 86.6 Å². The van der Waals surface area contributed by atoms with Gasteiger partial charge in [0.15, 0.2) is 11.5 Å². The van der Waals surface area contributed by atoms with Crippen LogP contribution in [0.5, 0.6) is 11.5 Å². The summed E-state index contributed by atoms with van der Waals surface area (Å²) in [7, 11) is 1.60. The molecule has 0 heterocycles. The van der Waals surface area contributed by atoms with E-state index in [2.05, 4.69) is 21.2 Å². The van der Waals surface area contributed by atoms with Crippen LogP contribution in [0.15, 0.2) is 59.1 Å². The Morgan fingerprint density at radius 1 is 1.07 bits per heavy atom. The van der Waals surface area contributed by atoms with E-state index in [1.54, 1.807) is 19.2 Å². The fourth-order valence-corrected chi connectivity index (χ4v) is 3.33. The predicted molar refractivity (Wildman–Crippen MR) is 115 cm³/mol. The molecule has 0 fully saturated rings. The van der Waals surface area contributed by atoms with Gasteiger partial charge in [0.1, 0.15) is 12.4 Å². The molecule has 6 heteroatoms. The first-order chi connectivity index (χ1) is 13.5. The number of rotatable bonds is 7. The zero-order chi connectivity index (χ0) is 20.1. The molecule has 146 valence electrons. The van der Waals surface area contributed by atoms with Crippen molar-refractivity contribution in [1.29, 1.82) is 0 Å². The van der Waals surface area contributed by atoms with Gasteiger partial charge >= 0.3 is 0 Å². The average Bonchev–Trinajstić information content (AvgIpc) is 2.69. The molecule has 1 N–H and O–H groups in total. The molecule has 3 nitrogen and oxygen atoms in total. The minimum atomic E-state index is -0.273. The summed E-state index contributed by atoms with van der Waals surface area (Å²) >= 11 is 9.81. The van der Waals surface area contributed by atoms with Gasteiger partial charge in [-0.2, -0.15) is 0 Å². The molecule has 0 bridgehead atoms. The Morgan fingerprint density at radius 3 is 2.50 bits per heavy atom. The van der Waals surface area contributed by atoms with Crippen LogP contribution in [0, 0.1) is 12.7 Å². The highest BCUT2D eigenvalue weighted by molar-refractivity contribution is 9.10. The second-order valence-electron chi connectivity index (χ2n) is 6.29. The number of methoxy groups -OCH3 is 1. The number of anilines is 1. The number of aryl methyl sites for hydroxylation is 1. The molecular weight excluding hydrogens is 445 g/mol. The lowest BCUT2D eigenvalue weighted by Crippen LogP contribution is -2.06. The summed E-state index contributed by atoms with van der Waals surface area (Å²) in [6.45, 7) is 2.78. The molecular formula is C22H20BrClFNO2. The fourth-order valence-electron chi connectivity index (χ4n) is 2.70. The van der Waals surface area contributed by atoms with Gasteiger partial charge < -0.3 is 14.8 Å². The van der Waals surface area contributed by atoms with Gasteiger partial charge in [-0.1, -0.05) is 45.7 Å². The van der Waals surface area contributed by atoms with E-state index in [9.17, 15) is 4.39 Å². The lowest BCUT2D eigenvalue weighted by atomic mass is 10.1. The Bertz CT molecular complexity index is 963. The first-order valence-corrected chi connectivity index (χ1v) is 9.87. The third-order valence-electron chi connectivity index (χ3n) is 4.32. The number of hydrogen-bond donors (Lipinski definition) is 1. The maximum Gasteiger partial charge on any atom is 0.167 e. The van der Waals surface area contributed by atoms with Crippen LogP contribution in [-0.2, 0) is 13.2 Å². The topological polar surface area (TPSA) is 30.5 Å². The van der Waals surface area contributed by atoms with Crippen LogP contribution in [0.2, 0.25) is 5.02 Å². The molecule has 0 amide bonds. The first-order valence-electron chi connectivity index (χ1n) is 8.70. The van der Waals surface area contributed by atoms with Gasteiger partial charge in [0.25, 0.3) is 0 Å². The standard InChI is InChI=1S/C22H20BrClFNO2/c1-14-3-8-17(11-20(14)24)26-12-18-19(23)9-10-21(27-2)22(18)28-13-15-4-6-16(25)7-5-15/h3-11,26H,12-13H2,1-2H3. The Balaban J connectivity index is 1.82. The molecule has 3 rings (SSSR count). The summed E-state index contributed by atoms with van der Waals surface area (Å²) in [4.78, 5) is 0. The Morgan fingerprint density at radius 2 is 1.82 bits per heavy atom. The predicted octanol–water partition coefficient (Wildman–Crippen LogP) is 6.75. The molecule has 0 unspecified atom stereocenters. The molecule has 0 spiro atoms. The van der Waals surface area contributed by atoms with Crippen molar-refractivity contribution in [3.8, 4) is 11.5 Å². The highest BCUT2D eigenvalue weighted by Gasteiger charge is 2.15. The summed E-state index contributed by atoms with van der Waals surface area (Å²) in [6, 6.07) is 15.8.